The number of alkyl halides is 3. The van der Waals surface area contributed by atoms with E-state index in [1.165, 1.54) is 29.3 Å². The van der Waals surface area contributed by atoms with Crippen molar-refractivity contribution in [3.63, 3.8) is 0 Å². The van der Waals surface area contributed by atoms with Crippen LogP contribution < -0.4 is 10.2 Å². The van der Waals surface area contributed by atoms with Gasteiger partial charge in [-0.15, -0.1) is 0 Å². The molecule has 3 aliphatic rings. The second kappa shape index (κ2) is 6.67. The molecule has 3 aliphatic heterocycles. The highest BCUT2D eigenvalue weighted by molar-refractivity contribution is 6.33. The van der Waals surface area contributed by atoms with E-state index in [2.05, 4.69) is 22.3 Å². The number of halogens is 4. The normalized spacial score (nSPS) is 23.9. The largest absolute Gasteiger partial charge is 0.416 e. The maximum atomic E-state index is 13.0. The summed E-state index contributed by atoms with van der Waals surface area (Å²) in [6, 6.07) is 8.54. The molecule has 3 heterocycles. The van der Waals surface area contributed by atoms with Gasteiger partial charge in [0.25, 0.3) is 0 Å². The Labute approximate surface area is 167 Å². The molecule has 2 aromatic carbocycles. The molecule has 0 bridgehead atoms. The summed E-state index contributed by atoms with van der Waals surface area (Å²) in [5.74, 6) is 0.439. The van der Waals surface area contributed by atoms with E-state index in [0.717, 1.165) is 56.6 Å². The molecule has 0 amide bonds. The third-order valence-corrected chi connectivity index (χ3v) is 6.77. The van der Waals surface area contributed by atoms with Crippen molar-refractivity contribution in [2.24, 2.45) is 0 Å². The average molecular weight is 407 g/mol. The fraction of sp³-hybridized carbons (Fsp3) is 0.455. The fourth-order valence-corrected chi connectivity index (χ4v) is 5.49. The molecule has 0 saturated carbocycles. The summed E-state index contributed by atoms with van der Waals surface area (Å²) in [4.78, 5) is 2.60. The number of nitrogens with one attached hydrogen (secondary N) is 1. The van der Waals surface area contributed by atoms with Crippen molar-refractivity contribution in [2.45, 2.75) is 43.8 Å². The van der Waals surface area contributed by atoms with Crippen LogP contribution in [0.3, 0.4) is 0 Å². The molecule has 1 N–H and O–H groups in total. The number of hydrogen-bond donors (Lipinski definition) is 1. The molecular weight excluding hydrogens is 385 g/mol. The van der Waals surface area contributed by atoms with Crippen LogP contribution in [0.4, 0.5) is 18.9 Å². The van der Waals surface area contributed by atoms with Gasteiger partial charge in [-0.3, -0.25) is 0 Å². The highest BCUT2D eigenvalue weighted by Crippen LogP contribution is 2.49. The molecule has 6 heteroatoms. The first kappa shape index (κ1) is 18.3. The van der Waals surface area contributed by atoms with Gasteiger partial charge in [0.1, 0.15) is 0 Å². The van der Waals surface area contributed by atoms with Crippen LogP contribution in [0.15, 0.2) is 30.3 Å². The lowest BCUT2D eigenvalue weighted by atomic mass is 9.87. The zero-order valence-electron chi connectivity index (χ0n) is 15.5. The SMILES string of the molecule is FC(F)(F)c1ccc(-c2cc3c4c(c2)[C@@H]2CNCC[C@@H]2N4CCCC3)c(Cl)c1. The molecule has 28 heavy (non-hydrogen) atoms. The molecule has 148 valence electrons. The van der Waals surface area contributed by atoms with Gasteiger partial charge in [0.15, 0.2) is 0 Å². The number of anilines is 1. The molecule has 0 unspecified atom stereocenters. The molecule has 5 rings (SSSR count). The summed E-state index contributed by atoms with van der Waals surface area (Å²) in [5.41, 5.74) is 4.93. The predicted molar refractivity (Wildman–Crippen MR) is 106 cm³/mol. The molecule has 0 spiro atoms. The third kappa shape index (κ3) is 2.91. The zero-order chi connectivity index (χ0) is 19.5. The highest BCUT2D eigenvalue weighted by Gasteiger charge is 2.41. The maximum absolute atomic E-state index is 13.0. The first-order chi connectivity index (χ1) is 13.4. The van der Waals surface area contributed by atoms with Crippen LogP contribution in [0.2, 0.25) is 5.02 Å². The summed E-state index contributed by atoms with van der Waals surface area (Å²) in [7, 11) is 0. The number of piperidine rings is 1. The smallest absolute Gasteiger partial charge is 0.367 e. The van der Waals surface area contributed by atoms with E-state index in [1.807, 2.05) is 0 Å². The minimum Gasteiger partial charge on any atom is -0.367 e. The average Bonchev–Trinajstić information content (AvgIpc) is 2.82. The lowest BCUT2D eigenvalue weighted by Gasteiger charge is -2.33. The Hall–Kier alpha value is -1.72. The van der Waals surface area contributed by atoms with Crippen molar-refractivity contribution in [3.8, 4) is 11.1 Å². The number of nitrogens with zero attached hydrogens (tertiary/aromatic N) is 1. The van der Waals surface area contributed by atoms with Crippen molar-refractivity contribution >= 4 is 17.3 Å². The molecule has 2 nitrogen and oxygen atoms in total. The second-order valence-corrected chi connectivity index (χ2v) is 8.49. The molecule has 2 atom stereocenters. The molecular formula is C22H22ClF3N2. The van der Waals surface area contributed by atoms with E-state index in [9.17, 15) is 13.2 Å². The number of aryl methyl sites for hydroxylation is 1. The van der Waals surface area contributed by atoms with E-state index in [-0.39, 0.29) is 5.02 Å². The quantitative estimate of drug-likeness (QED) is 0.660. The first-order valence-electron chi connectivity index (χ1n) is 9.95. The number of hydrogen-bond acceptors (Lipinski definition) is 2. The Morgan fingerprint density at radius 3 is 2.75 bits per heavy atom. The standard InChI is InChI=1S/C22H22ClF3N2/c23-19-11-15(22(24,25)26)4-5-16(19)14-9-13-3-1-2-8-28-20-6-7-27-12-18(20)17(10-14)21(13)28/h4-5,9-11,18,20,27H,1-3,6-8,12H2/t18-,20-/m0/s1. The van der Waals surface area contributed by atoms with E-state index in [1.54, 1.807) is 0 Å². The van der Waals surface area contributed by atoms with E-state index < -0.39 is 11.7 Å². The Bertz CT molecular complexity index is 925. The maximum Gasteiger partial charge on any atom is 0.416 e. The van der Waals surface area contributed by atoms with Crippen molar-refractivity contribution in [2.75, 3.05) is 24.5 Å². The highest BCUT2D eigenvalue weighted by atomic mass is 35.5. The Balaban J connectivity index is 1.63. The Kier molecular flexibility index (Phi) is 4.36. The summed E-state index contributed by atoms with van der Waals surface area (Å²) >= 11 is 6.31. The lowest BCUT2D eigenvalue weighted by Crippen LogP contribution is -2.44. The van der Waals surface area contributed by atoms with Crippen molar-refractivity contribution in [1.29, 1.82) is 0 Å². The van der Waals surface area contributed by atoms with Gasteiger partial charge in [0, 0.05) is 41.3 Å². The van der Waals surface area contributed by atoms with Crippen molar-refractivity contribution < 1.29 is 13.2 Å². The van der Waals surface area contributed by atoms with Gasteiger partial charge in [-0.25, -0.2) is 0 Å². The monoisotopic (exact) mass is 406 g/mol. The van der Waals surface area contributed by atoms with Gasteiger partial charge in [-0.05, 0) is 73.2 Å². The minimum atomic E-state index is -4.38. The van der Waals surface area contributed by atoms with Crippen LogP contribution in [0.25, 0.3) is 11.1 Å². The molecule has 0 aromatic heterocycles. The van der Waals surface area contributed by atoms with Crippen LogP contribution in [-0.4, -0.2) is 25.7 Å². The summed E-state index contributed by atoms with van der Waals surface area (Å²) < 4.78 is 39.0. The predicted octanol–water partition coefficient (Wildman–Crippen LogP) is 5.63. The van der Waals surface area contributed by atoms with Crippen LogP contribution in [0.1, 0.15) is 41.9 Å². The Morgan fingerprint density at radius 2 is 1.96 bits per heavy atom. The van der Waals surface area contributed by atoms with Crippen molar-refractivity contribution in [3.05, 3.63) is 52.0 Å². The third-order valence-electron chi connectivity index (χ3n) is 6.45. The van der Waals surface area contributed by atoms with Crippen LogP contribution >= 0.6 is 11.6 Å². The number of rotatable bonds is 1. The van der Waals surface area contributed by atoms with Crippen LogP contribution in [0.5, 0.6) is 0 Å². The van der Waals surface area contributed by atoms with Gasteiger partial charge in [-0.1, -0.05) is 17.7 Å². The number of benzene rings is 2. The number of fused-ring (bicyclic) bond motifs is 3. The lowest BCUT2D eigenvalue weighted by molar-refractivity contribution is -0.137. The molecule has 0 radical (unpaired) electrons. The van der Waals surface area contributed by atoms with Gasteiger partial charge in [-0.2, -0.15) is 13.2 Å². The zero-order valence-corrected chi connectivity index (χ0v) is 16.2. The minimum absolute atomic E-state index is 0.156. The molecule has 1 fully saturated rings. The van der Waals surface area contributed by atoms with E-state index in [0.29, 0.717) is 17.5 Å². The van der Waals surface area contributed by atoms with E-state index >= 15 is 0 Å². The molecule has 0 aliphatic carbocycles. The summed E-state index contributed by atoms with van der Waals surface area (Å²) in [6.07, 6.45) is 0.0857. The van der Waals surface area contributed by atoms with Gasteiger partial charge >= 0.3 is 6.18 Å². The van der Waals surface area contributed by atoms with Gasteiger partial charge < -0.3 is 10.2 Å². The topological polar surface area (TPSA) is 15.3 Å². The summed E-state index contributed by atoms with van der Waals surface area (Å²) in [6.45, 7) is 3.10. The van der Waals surface area contributed by atoms with Crippen LogP contribution in [-0.2, 0) is 12.6 Å². The van der Waals surface area contributed by atoms with E-state index in [4.69, 9.17) is 11.6 Å². The first-order valence-corrected chi connectivity index (χ1v) is 10.3. The fourth-order valence-electron chi connectivity index (χ4n) is 5.20. The van der Waals surface area contributed by atoms with Crippen LogP contribution in [0, 0.1) is 0 Å². The van der Waals surface area contributed by atoms with Gasteiger partial charge in [0.2, 0.25) is 0 Å². The molecule has 1 saturated heterocycles. The second-order valence-electron chi connectivity index (χ2n) is 8.08. The Morgan fingerprint density at radius 1 is 1.11 bits per heavy atom. The van der Waals surface area contributed by atoms with Gasteiger partial charge in [0.05, 0.1) is 5.56 Å². The summed E-state index contributed by atoms with van der Waals surface area (Å²) in [5, 5.41) is 3.67. The van der Waals surface area contributed by atoms with Crippen molar-refractivity contribution in [1.82, 2.24) is 5.32 Å². The molecule has 2 aromatic rings.